The Balaban J connectivity index is 1.50. The Morgan fingerprint density at radius 2 is 1.97 bits per heavy atom. The number of hydrogen-bond donors (Lipinski definition) is 3. The molecule has 4 atom stereocenters. The van der Waals surface area contributed by atoms with Crippen molar-refractivity contribution in [2.24, 2.45) is 5.41 Å². The van der Waals surface area contributed by atoms with Crippen LogP contribution >= 0.6 is 27.5 Å². The molecule has 3 aliphatic rings. The van der Waals surface area contributed by atoms with Crippen molar-refractivity contribution in [3.63, 3.8) is 0 Å². The third-order valence-electron chi connectivity index (χ3n) is 8.17. The van der Waals surface area contributed by atoms with E-state index in [2.05, 4.69) is 57.6 Å². The Labute approximate surface area is 244 Å². The van der Waals surface area contributed by atoms with Gasteiger partial charge in [0.05, 0.1) is 19.3 Å². The van der Waals surface area contributed by atoms with Crippen LogP contribution in [0.1, 0.15) is 50.7 Å². The van der Waals surface area contributed by atoms with Crippen molar-refractivity contribution in [2.75, 3.05) is 44.7 Å². The van der Waals surface area contributed by atoms with Gasteiger partial charge in [0, 0.05) is 46.8 Å². The first-order valence-corrected chi connectivity index (χ1v) is 15.0. The lowest BCUT2D eigenvalue weighted by atomic mass is 9.62. The van der Waals surface area contributed by atoms with Crippen molar-refractivity contribution in [3.05, 3.63) is 63.1 Å². The summed E-state index contributed by atoms with van der Waals surface area (Å²) < 4.78 is 6.35. The summed E-state index contributed by atoms with van der Waals surface area (Å²) in [6, 6.07) is 12.8. The number of nitrogens with one attached hydrogen (secondary N) is 3. The molecular formula is C30H38BrClN4O3. The number of carbonyl (C=O) groups excluding carboxylic acids is 2. The number of hydrogen-bond acceptors (Lipinski definition) is 5. The number of rotatable bonds is 7. The van der Waals surface area contributed by atoms with Crippen molar-refractivity contribution in [2.45, 2.75) is 57.0 Å². The minimum absolute atomic E-state index is 0.0760. The van der Waals surface area contributed by atoms with Crippen LogP contribution in [0.25, 0.3) is 0 Å². The summed E-state index contributed by atoms with van der Waals surface area (Å²) in [7, 11) is 0. The van der Waals surface area contributed by atoms with Crippen LogP contribution in [-0.2, 0) is 19.7 Å². The van der Waals surface area contributed by atoms with Crippen LogP contribution in [0.5, 0.6) is 0 Å². The summed E-state index contributed by atoms with van der Waals surface area (Å²) in [5, 5.41) is 10.6. The van der Waals surface area contributed by atoms with Crippen LogP contribution in [0, 0.1) is 5.41 Å². The van der Waals surface area contributed by atoms with E-state index in [0.717, 1.165) is 60.6 Å². The zero-order chi connectivity index (χ0) is 27.8. The number of halogens is 2. The van der Waals surface area contributed by atoms with Gasteiger partial charge in [0.1, 0.15) is 5.41 Å². The quantitative estimate of drug-likeness (QED) is 0.393. The number of morpholine rings is 1. The highest BCUT2D eigenvalue weighted by atomic mass is 79.9. The van der Waals surface area contributed by atoms with E-state index in [1.807, 2.05) is 42.5 Å². The number of benzene rings is 2. The molecule has 4 unspecified atom stereocenters. The number of ether oxygens (including phenoxy) is 1. The maximum atomic E-state index is 14.2. The van der Waals surface area contributed by atoms with Gasteiger partial charge in [0.2, 0.25) is 11.8 Å². The Morgan fingerprint density at radius 3 is 2.69 bits per heavy atom. The molecule has 3 heterocycles. The predicted molar refractivity (Wildman–Crippen MR) is 158 cm³/mol. The van der Waals surface area contributed by atoms with Gasteiger partial charge in [-0.15, -0.1) is 0 Å². The second-order valence-corrected chi connectivity index (χ2v) is 13.5. The van der Waals surface area contributed by atoms with Crippen molar-refractivity contribution in [1.29, 1.82) is 0 Å². The first kappa shape index (κ1) is 28.6. The third-order valence-corrected chi connectivity index (χ3v) is 8.89. The average molecular weight is 618 g/mol. The first-order chi connectivity index (χ1) is 18.6. The minimum Gasteiger partial charge on any atom is -0.379 e. The standard InChI is InChI=1S/C30H38BrClN4O3/c1-29(2,3)18-24-30(22-9-8-21(32)17-23(22)34-28(30)38)25(19-6-4-7-20(31)16-19)26(35-24)27(37)33-10-5-11-36-12-14-39-15-13-36/h4,6-9,16-17,24-26,35H,5,10-15,18H2,1-3H3,(H,33,37)(H,34,38). The Bertz CT molecular complexity index is 1230. The molecule has 2 saturated heterocycles. The Kier molecular flexibility index (Phi) is 8.41. The number of carbonyl (C=O) groups is 2. The second kappa shape index (κ2) is 11.5. The maximum Gasteiger partial charge on any atom is 0.237 e. The predicted octanol–water partition coefficient (Wildman–Crippen LogP) is 4.69. The molecule has 3 N–H and O–H groups in total. The van der Waals surface area contributed by atoms with Crippen LogP contribution in [0.4, 0.5) is 5.69 Å². The molecule has 0 aliphatic carbocycles. The highest BCUT2D eigenvalue weighted by Gasteiger charge is 2.65. The van der Waals surface area contributed by atoms with E-state index in [1.165, 1.54) is 0 Å². The molecule has 0 bridgehead atoms. The molecule has 0 aromatic heterocycles. The van der Waals surface area contributed by atoms with Crippen molar-refractivity contribution >= 4 is 45.0 Å². The van der Waals surface area contributed by atoms with Gasteiger partial charge in [0.25, 0.3) is 0 Å². The van der Waals surface area contributed by atoms with Gasteiger partial charge >= 0.3 is 0 Å². The zero-order valence-corrected chi connectivity index (χ0v) is 25.2. The molecule has 1 spiro atoms. The maximum absolute atomic E-state index is 14.2. The number of nitrogens with zero attached hydrogens (tertiary/aromatic N) is 1. The van der Waals surface area contributed by atoms with E-state index in [4.69, 9.17) is 16.3 Å². The summed E-state index contributed by atoms with van der Waals surface area (Å²) in [6.45, 7) is 11.4. The van der Waals surface area contributed by atoms with Gasteiger partial charge in [0.15, 0.2) is 0 Å². The smallest absolute Gasteiger partial charge is 0.237 e. The van der Waals surface area contributed by atoms with E-state index in [9.17, 15) is 9.59 Å². The highest BCUT2D eigenvalue weighted by molar-refractivity contribution is 9.10. The number of fused-ring (bicyclic) bond motifs is 2. The normalized spacial score (nSPS) is 27.0. The van der Waals surface area contributed by atoms with Gasteiger partial charge in [-0.1, -0.05) is 66.5 Å². The van der Waals surface area contributed by atoms with Crippen LogP contribution in [0.2, 0.25) is 5.02 Å². The summed E-state index contributed by atoms with van der Waals surface area (Å²) in [5.41, 5.74) is 1.51. The molecule has 210 valence electrons. The van der Waals surface area contributed by atoms with E-state index < -0.39 is 17.4 Å². The van der Waals surface area contributed by atoms with Gasteiger partial charge in [-0.3, -0.25) is 14.5 Å². The lowest BCUT2D eigenvalue weighted by Gasteiger charge is -2.37. The first-order valence-electron chi connectivity index (χ1n) is 13.8. The molecular weight excluding hydrogens is 580 g/mol. The molecule has 0 radical (unpaired) electrons. The zero-order valence-electron chi connectivity index (χ0n) is 22.9. The van der Waals surface area contributed by atoms with Crippen LogP contribution in [0.15, 0.2) is 46.9 Å². The molecule has 2 amide bonds. The van der Waals surface area contributed by atoms with Crippen molar-refractivity contribution in [3.8, 4) is 0 Å². The average Bonchev–Trinajstić information content (AvgIpc) is 3.36. The molecule has 2 aromatic rings. The lowest BCUT2D eigenvalue weighted by molar-refractivity contribution is -0.123. The fourth-order valence-corrected chi connectivity index (χ4v) is 7.16. The van der Waals surface area contributed by atoms with Gasteiger partial charge in [-0.05, 0) is 60.2 Å². The lowest BCUT2D eigenvalue weighted by Crippen LogP contribution is -2.49. The topological polar surface area (TPSA) is 82.7 Å². The van der Waals surface area contributed by atoms with Crippen molar-refractivity contribution in [1.82, 2.24) is 15.5 Å². The van der Waals surface area contributed by atoms with Gasteiger partial charge in [-0.25, -0.2) is 0 Å². The van der Waals surface area contributed by atoms with E-state index in [-0.39, 0.29) is 23.3 Å². The molecule has 7 nitrogen and oxygen atoms in total. The number of amides is 2. The summed E-state index contributed by atoms with van der Waals surface area (Å²) in [5.74, 6) is -0.578. The Morgan fingerprint density at radius 1 is 1.21 bits per heavy atom. The van der Waals surface area contributed by atoms with Crippen LogP contribution < -0.4 is 16.0 Å². The molecule has 0 saturated carbocycles. The largest absolute Gasteiger partial charge is 0.379 e. The minimum atomic E-state index is -0.968. The van der Waals surface area contributed by atoms with Crippen molar-refractivity contribution < 1.29 is 14.3 Å². The summed E-state index contributed by atoms with van der Waals surface area (Å²) >= 11 is 9.96. The summed E-state index contributed by atoms with van der Waals surface area (Å²) in [6.07, 6.45) is 1.58. The molecule has 5 rings (SSSR count). The van der Waals surface area contributed by atoms with Crippen LogP contribution in [0.3, 0.4) is 0 Å². The summed E-state index contributed by atoms with van der Waals surface area (Å²) in [4.78, 5) is 30.5. The number of anilines is 1. The van der Waals surface area contributed by atoms with E-state index in [0.29, 0.717) is 18.0 Å². The van der Waals surface area contributed by atoms with E-state index in [1.54, 1.807) is 0 Å². The van der Waals surface area contributed by atoms with E-state index >= 15 is 0 Å². The van der Waals surface area contributed by atoms with Crippen LogP contribution in [-0.4, -0.2) is 68.2 Å². The fourth-order valence-electron chi connectivity index (χ4n) is 6.57. The molecule has 2 fully saturated rings. The monoisotopic (exact) mass is 616 g/mol. The molecule has 2 aromatic carbocycles. The molecule has 9 heteroatoms. The van der Waals surface area contributed by atoms with Gasteiger partial charge < -0.3 is 20.7 Å². The molecule has 39 heavy (non-hydrogen) atoms. The molecule has 3 aliphatic heterocycles. The second-order valence-electron chi connectivity index (χ2n) is 12.1. The third kappa shape index (κ3) is 5.77. The Hall–Kier alpha value is -1.97. The fraction of sp³-hybridized carbons (Fsp3) is 0.533. The van der Waals surface area contributed by atoms with Gasteiger partial charge in [-0.2, -0.15) is 0 Å². The highest BCUT2D eigenvalue weighted by Crippen LogP contribution is 2.56. The SMILES string of the molecule is CC(C)(C)CC1NC(C(=O)NCCCN2CCOCC2)C(c2cccc(Br)c2)C12C(=O)Nc1cc(Cl)ccc12.